The molecule has 6 heteroatoms. The first kappa shape index (κ1) is 15.8. The van der Waals surface area contributed by atoms with Gasteiger partial charge in [-0.3, -0.25) is 0 Å². The first-order valence-corrected chi connectivity index (χ1v) is 8.73. The SMILES string of the molecule is CC(C)c1ccc(-c2nnn(Cc3csc(C(C)C)n3)n2)cc1. The average Bonchev–Trinajstić information content (AvgIpc) is 3.17. The predicted molar refractivity (Wildman–Crippen MR) is 92.6 cm³/mol. The molecule has 0 unspecified atom stereocenters. The lowest BCUT2D eigenvalue weighted by molar-refractivity contribution is 0.565. The van der Waals surface area contributed by atoms with Crippen molar-refractivity contribution in [3.63, 3.8) is 0 Å². The van der Waals surface area contributed by atoms with Crippen molar-refractivity contribution >= 4 is 11.3 Å². The third-order valence-corrected chi connectivity index (χ3v) is 4.85. The standard InChI is InChI=1S/C17H21N5S/c1-11(2)13-5-7-14(8-6-13)16-19-21-22(20-16)9-15-10-23-17(18-15)12(3)4/h5-8,10-12H,9H2,1-4H3. The molecule has 0 N–H and O–H groups in total. The molecular formula is C17H21N5S. The van der Waals surface area contributed by atoms with Gasteiger partial charge in [-0.05, 0) is 16.7 Å². The highest BCUT2D eigenvalue weighted by molar-refractivity contribution is 7.09. The summed E-state index contributed by atoms with van der Waals surface area (Å²) in [6.07, 6.45) is 0. The van der Waals surface area contributed by atoms with Crippen LogP contribution < -0.4 is 0 Å². The number of benzene rings is 1. The Bertz CT molecular complexity index is 770. The maximum Gasteiger partial charge on any atom is 0.204 e. The van der Waals surface area contributed by atoms with E-state index < -0.39 is 0 Å². The molecule has 0 aliphatic heterocycles. The second kappa shape index (κ2) is 6.58. The minimum absolute atomic E-state index is 0.451. The Morgan fingerprint density at radius 1 is 1.04 bits per heavy atom. The van der Waals surface area contributed by atoms with Crippen LogP contribution in [-0.4, -0.2) is 25.2 Å². The van der Waals surface area contributed by atoms with E-state index in [-0.39, 0.29) is 0 Å². The largest absolute Gasteiger partial charge is 0.244 e. The van der Waals surface area contributed by atoms with Gasteiger partial charge >= 0.3 is 0 Å². The number of aromatic nitrogens is 5. The lowest BCUT2D eigenvalue weighted by atomic mass is 10.0. The van der Waals surface area contributed by atoms with E-state index in [1.807, 2.05) is 0 Å². The van der Waals surface area contributed by atoms with Gasteiger partial charge in [-0.1, -0.05) is 52.0 Å². The Hall–Kier alpha value is -2.08. The number of nitrogens with zero attached hydrogens (tertiary/aromatic N) is 5. The van der Waals surface area contributed by atoms with E-state index in [1.54, 1.807) is 16.1 Å². The summed E-state index contributed by atoms with van der Waals surface area (Å²) in [7, 11) is 0. The molecule has 0 radical (unpaired) electrons. The molecular weight excluding hydrogens is 306 g/mol. The fraction of sp³-hybridized carbons (Fsp3) is 0.412. The first-order valence-electron chi connectivity index (χ1n) is 7.85. The van der Waals surface area contributed by atoms with E-state index in [2.05, 4.69) is 77.7 Å². The molecule has 3 rings (SSSR count). The molecule has 0 fully saturated rings. The van der Waals surface area contributed by atoms with Gasteiger partial charge in [0.15, 0.2) is 0 Å². The second-order valence-corrected chi connectivity index (χ2v) is 7.14. The van der Waals surface area contributed by atoms with Gasteiger partial charge in [-0.15, -0.1) is 21.5 Å². The first-order chi connectivity index (χ1) is 11.0. The molecule has 0 amide bonds. The zero-order valence-electron chi connectivity index (χ0n) is 13.9. The van der Waals surface area contributed by atoms with Crippen LogP contribution in [-0.2, 0) is 6.54 Å². The molecule has 120 valence electrons. The fourth-order valence-corrected chi connectivity index (χ4v) is 3.07. The van der Waals surface area contributed by atoms with Crippen LogP contribution >= 0.6 is 11.3 Å². The summed E-state index contributed by atoms with van der Waals surface area (Å²) in [5.41, 5.74) is 3.28. The molecule has 23 heavy (non-hydrogen) atoms. The van der Waals surface area contributed by atoms with Gasteiger partial charge in [0.25, 0.3) is 0 Å². The van der Waals surface area contributed by atoms with Crippen LogP contribution in [0.25, 0.3) is 11.4 Å². The molecule has 0 saturated carbocycles. The van der Waals surface area contributed by atoms with Gasteiger partial charge in [0.05, 0.1) is 10.7 Å². The molecule has 0 atom stereocenters. The van der Waals surface area contributed by atoms with Crippen LogP contribution in [0.1, 0.15) is 55.8 Å². The number of tetrazole rings is 1. The highest BCUT2D eigenvalue weighted by atomic mass is 32.1. The highest BCUT2D eigenvalue weighted by Crippen LogP contribution is 2.21. The summed E-state index contributed by atoms with van der Waals surface area (Å²) in [6.45, 7) is 9.22. The topological polar surface area (TPSA) is 56.5 Å². The Kier molecular flexibility index (Phi) is 4.52. The van der Waals surface area contributed by atoms with E-state index >= 15 is 0 Å². The molecule has 2 heterocycles. The van der Waals surface area contributed by atoms with Crippen molar-refractivity contribution in [1.29, 1.82) is 0 Å². The molecule has 0 bridgehead atoms. The minimum atomic E-state index is 0.451. The van der Waals surface area contributed by atoms with Crippen molar-refractivity contribution in [2.45, 2.75) is 46.1 Å². The summed E-state index contributed by atoms with van der Waals surface area (Å²) >= 11 is 1.68. The van der Waals surface area contributed by atoms with Gasteiger partial charge in [-0.2, -0.15) is 4.80 Å². The van der Waals surface area contributed by atoms with Crippen LogP contribution in [0.5, 0.6) is 0 Å². The van der Waals surface area contributed by atoms with E-state index in [9.17, 15) is 0 Å². The number of rotatable bonds is 5. The Balaban J connectivity index is 1.74. The molecule has 2 aromatic heterocycles. The smallest absolute Gasteiger partial charge is 0.204 e. The maximum absolute atomic E-state index is 4.61. The molecule has 0 saturated heterocycles. The third-order valence-electron chi connectivity index (χ3n) is 3.66. The quantitative estimate of drug-likeness (QED) is 0.708. The Morgan fingerprint density at radius 2 is 1.78 bits per heavy atom. The zero-order chi connectivity index (χ0) is 16.4. The molecule has 5 nitrogen and oxygen atoms in total. The molecule has 0 aliphatic carbocycles. The van der Waals surface area contributed by atoms with Gasteiger partial charge < -0.3 is 0 Å². The monoisotopic (exact) mass is 327 g/mol. The van der Waals surface area contributed by atoms with Crippen molar-refractivity contribution < 1.29 is 0 Å². The summed E-state index contributed by atoms with van der Waals surface area (Å²) < 4.78 is 0. The summed E-state index contributed by atoms with van der Waals surface area (Å²) in [4.78, 5) is 6.21. The van der Waals surface area contributed by atoms with E-state index in [0.717, 1.165) is 16.3 Å². The highest BCUT2D eigenvalue weighted by Gasteiger charge is 2.10. The zero-order valence-corrected chi connectivity index (χ0v) is 14.7. The van der Waals surface area contributed by atoms with E-state index in [4.69, 9.17) is 0 Å². The summed E-state index contributed by atoms with van der Waals surface area (Å²) in [6, 6.07) is 8.35. The predicted octanol–water partition coefficient (Wildman–Crippen LogP) is 4.09. The number of hydrogen-bond donors (Lipinski definition) is 0. The maximum atomic E-state index is 4.61. The molecule has 3 aromatic rings. The lowest BCUT2D eigenvalue weighted by Crippen LogP contribution is -2.04. The second-order valence-electron chi connectivity index (χ2n) is 6.25. The normalized spacial score (nSPS) is 11.6. The van der Waals surface area contributed by atoms with Crippen LogP contribution in [0.3, 0.4) is 0 Å². The van der Waals surface area contributed by atoms with E-state index in [1.165, 1.54) is 5.56 Å². The van der Waals surface area contributed by atoms with Crippen molar-refractivity contribution in [2.24, 2.45) is 0 Å². The average molecular weight is 327 g/mol. The third kappa shape index (κ3) is 3.64. The van der Waals surface area contributed by atoms with Crippen LogP contribution in [0.15, 0.2) is 29.6 Å². The number of hydrogen-bond acceptors (Lipinski definition) is 5. The lowest BCUT2D eigenvalue weighted by Gasteiger charge is -2.04. The van der Waals surface area contributed by atoms with Gasteiger partial charge in [0.1, 0.15) is 6.54 Å². The van der Waals surface area contributed by atoms with Gasteiger partial charge in [0.2, 0.25) is 5.82 Å². The van der Waals surface area contributed by atoms with Crippen LogP contribution in [0, 0.1) is 0 Å². The fourth-order valence-electron chi connectivity index (χ4n) is 2.25. The number of thiazole rings is 1. The minimum Gasteiger partial charge on any atom is -0.244 e. The van der Waals surface area contributed by atoms with Crippen molar-refractivity contribution in [2.75, 3.05) is 0 Å². The van der Waals surface area contributed by atoms with Crippen molar-refractivity contribution in [1.82, 2.24) is 25.2 Å². The molecule has 0 aliphatic rings. The molecule has 1 aromatic carbocycles. The van der Waals surface area contributed by atoms with Crippen LogP contribution in [0.2, 0.25) is 0 Å². The van der Waals surface area contributed by atoms with Gasteiger partial charge in [-0.25, -0.2) is 4.98 Å². The van der Waals surface area contributed by atoms with Gasteiger partial charge in [0, 0.05) is 16.9 Å². The van der Waals surface area contributed by atoms with Crippen molar-refractivity contribution in [3.8, 4) is 11.4 Å². The van der Waals surface area contributed by atoms with E-state index in [0.29, 0.717) is 24.2 Å². The van der Waals surface area contributed by atoms with Crippen molar-refractivity contribution in [3.05, 3.63) is 45.9 Å². The summed E-state index contributed by atoms with van der Waals surface area (Å²) in [5.74, 6) is 1.62. The van der Waals surface area contributed by atoms with Crippen LogP contribution in [0.4, 0.5) is 0 Å². The summed E-state index contributed by atoms with van der Waals surface area (Å²) in [5, 5.41) is 16.0. The molecule has 0 spiro atoms. The Morgan fingerprint density at radius 3 is 2.39 bits per heavy atom. The Labute approximate surface area is 140 Å².